The van der Waals surface area contributed by atoms with Crippen LogP contribution >= 0.6 is 11.8 Å². The minimum atomic E-state index is -0.337. The lowest BCUT2D eigenvalue weighted by Gasteiger charge is -2.15. The van der Waals surface area contributed by atoms with Crippen molar-refractivity contribution in [3.05, 3.63) is 35.4 Å². The summed E-state index contributed by atoms with van der Waals surface area (Å²) < 4.78 is 0. The van der Waals surface area contributed by atoms with Gasteiger partial charge in [0.1, 0.15) is 6.04 Å². The molecule has 5 heteroatoms. The van der Waals surface area contributed by atoms with Crippen molar-refractivity contribution < 1.29 is 9.63 Å². The number of aliphatic imine (C=N–C) groups is 1. The van der Waals surface area contributed by atoms with E-state index >= 15 is 0 Å². The fourth-order valence-corrected chi connectivity index (χ4v) is 2.88. The molecule has 4 nitrogen and oxygen atoms in total. The number of aryl methyl sites for hydroxylation is 1. The van der Waals surface area contributed by atoms with Crippen molar-refractivity contribution in [3.63, 3.8) is 0 Å². The minimum Gasteiger partial charge on any atom is -0.274 e. The Morgan fingerprint density at radius 2 is 2.16 bits per heavy atom. The van der Waals surface area contributed by atoms with E-state index in [1.807, 2.05) is 0 Å². The van der Waals surface area contributed by atoms with Crippen molar-refractivity contribution in [2.45, 2.75) is 19.4 Å². The van der Waals surface area contributed by atoms with Crippen LogP contribution in [0.2, 0.25) is 0 Å². The second kappa shape index (κ2) is 6.21. The number of benzene rings is 1. The molecule has 2 rings (SSSR count). The number of nitrogens with zero attached hydrogens (tertiary/aromatic N) is 2. The highest BCUT2D eigenvalue weighted by Crippen LogP contribution is 2.24. The van der Waals surface area contributed by atoms with E-state index in [1.165, 1.54) is 17.7 Å². The van der Waals surface area contributed by atoms with Gasteiger partial charge in [0, 0.05) is 18.4 Å². The van der Waals surface area contributed by atoms with Crippen molar-refractivity contribution in [1.29, 1.82) is 0 Å². The standard InChI is InChI=1S/C14H18N2O2S/c1-4-10-5-7-11(8-6-10)13-15-12(9-19-13)14(17)16(2)18-3/h5-8,12H,4,9H2,1-3H3/t12-/m0/s1. The highest BCUT2D eigenvalue weighted by atomic mass is 32.2. The maximum Gasteiger partial charge on any atom is 0.271 e. The van der Waals surface area contributed by atoms with Gasteiger partial charge in [-0.3, -0.25) is 14.6 Å². The SMILES string of the molecule is CCc1ccc(C2=N[C@H](C(=O)N(C)OC)CS2)cc1. The van der Waals surface area contributed by atoms with Crippen LogP contribution in [-0.2, 0) is 16.1 Å². The molecule has 0 spiro atoms. The van der Waals surface area contributed by atoms with Gasteiger partial charge in [0.25, 0.3) is 5.91 Å². The number of amides is 1. The van der Waals surface area contributed by atoms with Gasteiger partial charge in [-0.2, -0.15) is 0 Å². The zero-order chi connectivity index (χ0) is 13.8. The number of hydrogen-bond donors (Lipinski definition) is 0. The molecule has 1 aliphatic heterocycles. The number of hydrogen-bond acceptors (Lipinski definition) is 4. The number of carbonyl (C=O) groups excluding carboxylic acids is 1. The van der Waals surface area contributed by atoms with E-state index in [0.29, 0.717) is 5.75 Å². The van der Waals surface area contributed by atoms with Crippen molar-refractivity contribution in [2.24, 2.45) is 4.99 Å². The average Bonchev–Trinajstić information content (AvgIpc) is 2.95. The van der Waals surface area contributed by atoms with Crippen LogP contribution in [0.25, 0.3) is 0 Å². The van der Waals surface area contributed by atoms with Gasteiger partial charge in [-0.05, 0) is 12.0 Å². The second-order valence-electron chi connectivity index (χ2n) is 4.33. The first-order valence-corrected chi connectivity index (χ1v) is 7.25. The third kappa shape index (κ3) is 3.16. The van der Waals surface area contributed by atoms with Gasteiger partial charge >= 0.3 is 0 Å². The number of thioether (sulfide) groups is 1. The summed E-state index contributed by atoms with van der Waals surface area (Å²) in [6.07, 6.45) is 1.03. The maximum absolute atomic E-state index is 11.9. The summed E-state index contributed by atoms with van der Waals surface area (Å²) in [6, 6.07) is 8.01. The van der Waals surface area contributed by atoms with Crippen LogP contribution in [0, 0.1) is 0 Å². The molecule has 1 amide bonds. The summed E-state index contributed by atoms with van der Waals surface area (Å²) in [5, 5.41) is 2.17. The third-order valence-electron chi connectivity index (χ3n) is 3.13. The van der Waals surface area contributed by atoms with Gasteiger partial charge in [0.2, 0.25) is 0 Å². The molecule has 102 valence electrons. The summed E-state index contributed by atoms with van der Waals surface area (Å²) in [4.78, 5) is 21.3. The molecule has 0 N–H and O–H groups in total. The molecule has 0 aliphatic carbocycles. The molecule has 0 radical (unpaired) electrons. The summed E-state index contributed by atoms with van der Waals surface area (Å²) in [5.74, 6) is 0.576. The predicted octanol–water partition coefficient (Wildman–Crippen LogP) is 2.13. The van der Waals surface area contributed by atoms with Crippen LogP contribution in [0.3, 0.4) is 0 Å². The van der Waals surface area contributed by atoms with Gasteiger partial charge in [-0.1, -0.05) is 31.2 Å². The van der Waals surface area contributed by atoms with Crippen LogP contribution in [-0.4, -0.2) is 42.0 Å². The summed E-state index contributed by atoms with van der Waals surface area (Å²) in [5.41, 5.74) is 2.39. The number of carbonyl (C=O) groups is 1. The van der Waals surface area contributed by atoms with E-state index in [4.69, 9.17) is 4.84 Å². The highest BCUT2D eigenvalue weighted by molar-refractivity contribution is 8.14. The first-order chi connectivity index (χ1) is 9.15. The van der Waals surface area contributed by atoms with Gasteiger partial charge in [-0.25, -0.2) is 5.06 Å². The smallest absolute Gasteiger partial charge is 0.271 e. The van der Waals surface area contributed by atoms with E-state index in [9.17, 15) is 4.79 Å². The Bertz CT molecular complexity index is 485. The number of likely N-dealkylation sites (N-methyl/N-ethyl adjacent to an activating group) is 1. The van der Waals surface area contributed by atoms with Gasteiger partial charge in [0.15, 0.2) is 0 Å². The van der Waals surface area contributed by atoms with Crippen LogP contribution in [0.4, 0.5) is 0 Å². The Kier molecular flexibility index (Phi) is 4.61. The van der Waals surface area contributed by atoms with Crippen LogP contribution < -0.4 is 0 Å². The molecule has 1 heterocycles. The van der Waals surface area contributed by atoms with Crippen LogP contribution in [0.1, 0.15) is 18.1 Å². The maximum atomic E-state index is 11.9. The first kappa shape index (κ1) is 14.1. The van der Waals surface area contributed by atoms with Crippen molar-refractivity contribution in [2.75, 3.05) is 19.9 Å². The lowest BCUT2D eigenvalue weighted by molar-refractivity contribution is -0.169. The molecular weight excluding hydrogens is 260 g/mol. The lowest BCUT2D eigenvalue weighted by atomic mass is 10.1. The normalized spacial score (nSPS) is 18.3. The zero-order valence-electron chi connectivity index (χ0n) is 11.4. The van der Waals surface area contributed by atoms with E-state index in [2.05, 4.69) is 36.2 Å². The molecule has 1 atom stereocenters. The highest BCUT2D eigenvalue weighted by Gasteiger charge is 2.28. The van der Waals surface area contributed by atoms with Gasteiger partial charge < -0.3 is 0 Å². The van der Waals surface area contributed by atoms with Crippen molar-refractivity contribution in [1.82, 2.24) is 5.06 Å². The van der Waals surface area contributed by atoms with E-state index in [0.717, 1.165) is 17.0 Å². The molecular formula is C14H18N2O2S. The number of hydroxylamine groups is 2. The lowest BCUT2D eigenvalue weighted by Crippen LogP contribution is -2.34. The fourth-order valence-electron chi connectivity index (χ4n) is 1.84. The van der Waals surface area contributed by atoms with E-state index in [-0.39, 0.29) is 11.9 Å². The Balaban J connectivity index is 2.11. The predicted molar refractivity (Wildman–Crippen MR) is 78.4 cm³/mol. The Labute approximate surface area is 117 Å². The zero-order valence-corrected chi connectivity index (χ0v) is 12.2. The molecule has 0 bridgehead atoms. The molecule has 19 heavy (non-hydrogen) atoms. The van der Waals surface area contributed by atoms with E-state index in [1.54, 1.807) is 18.8 Å². The largest absolute Gasteiger partial charge is 0.274 e. The molecule has 0 fully saturated rings. The summed E-state index contributed by atoms with van der Waals surface area (Å²) in [7, 11) is 3.09. The molecule has 0 unspecified atom stereocenters. The van der Waals surface area contributed by atoms with Gasteiger partial charge in [-0.15, -0.1) is 11.8 Å². The Morgan fingerprint density at radius 1 is 1.47 bits per heavy atom. The molecule has 1 aromatic carbocycles. The summed E-state index contributed by atoms with van der Waals surface area (Å²) in [6.45, 7) is 2.13. The van der Waals surface area contributed by atoms with Crippen LogP contribution in [0.5, 0.6) is 0 Å². The topological polar surface area (TPSA) is 41.9 Å². The number of rotatable bonds is 4. The molecule has 1 aromatic rings. The quantitative estimate of drug-likeness (QED) is 0.792. The van der Waals surface area contributed by atoms with Crippen LogP contribution in [0.15, 0.2) is 29.3 Å². The monoisotopic (exact) mass is 278 g/mol. The average molecular weight is 278 g/mol. The molecule has 0 saturated carbocycles. The summed E-state index contributed by atoms with van der Waals surface area (Å²) >= 11 is 1.62. The van der Waals surface area contributed by atoms with Gasteiger partial charge in [0.05, 0.1) is 12.2 Å². The molecule has 0 saturated heterocycles. The van der Waals surface area contributed by atoms with E-state index < -0.39 is 0 Å². The second-order valence-corrected chi connectivity index (χ2v) is 5.34. The third-order valence-corrected chi connectivity index (χ3v) is 4.23. The molecule has 1 aliphatic rings. The molecule has 0 aromatic heterocycles. The van der Waals surface area contributed by atoms with Crippen molar-refractivity contribution >= 4 is 22.7 Å². The minimum absolute atomic E-state index is 0.102. The first-order valence-electron chi connectivity index (χ1n) is 6.27. The van der Waals surface area contributed by atoms with Crippen molar-refractivity contribution in [3.8, 4) is 0 Å². The fraction of sp³-hybridized carbons (Fsp3) is 0.429. The Hall–Kier alpha value is -1.33. The Morgan fingerprint density at radius 3 is 2.74 bits per heavy atom.